The third-order valence-corrected chi connectivity index (χ3v) is 3.64. The molecular formula is C14H13ClF4N2O5. The largest absolute Gasteiger partial charge is 0.495 e. The van der Waals surface area contributed by atoms with Gasteiger partial charge in [-0.3, -0.25) is 10.2 Å². The van der Waals surface area contributed by atoms with E-state index < -0.39 is 48.5 Å². The summed E-state index contributed by atoms with van der Waals surface area (Å²) in [6.07, 6.45) is -6.63. The van der Waals surface area contributed by atoms with Gasteiger partial charge < -0.3 is 20.1 Å². The Hall–Kier alpha value is -2.08. The van der Waals surface area contributed by atoms with Crippen LogP contribution in [0.2, 0.25) is 5.02 Å². The summed E-state index contributed by atoms with van der Waals surface area (Å²) < 4.78 is 57.0. The summed E-state index contributed by atoms with van der Waals surface area (Å²) in [7, 11) is 0. The lowest BCUT2D eigenvalue weighted by atomic mass is 10.1. The SMILES string of the molecule is O=C(OCCO)c1cc(N2C(O)=CC(C(F)(F)F)NC2O)c(F)cc1Cl. The number of hydrogen-bond acceptors (Lipinski definition) is 7. The van der Waals surface area contributed by atoms with E-state index in [2.05, 4.69) is 4.74 Å². The average molecular weight is 401 g/mol. The first-order valence-corrected chi connectivity index (χ1v) is 7.42. The highest BCUT2D eigenvalue weighted by molar-refractivity contribution is 6.33. The van der Waals surface area contributed by atoms with Crippen molar-refractivity contribution < 1.29 is 42.4 Å². The van der Waals surface area contributed by atoms with E-state index in [1.165, 1.54) is 0 Å². The van der Waals surface area contributed by atoms with Gasteiger partial charge in [-0.05, 0) is 12.1 Å². The van der Waals surface area contributed by atoms with Crippen molar-refractivity contribution in [2.24, 2.45) is 0 Å². The quantitative estimate of drug-likeness (QED) is 0.450. The molecule has 26 heavy (non-hydrogen) atoms. The summed E-state index contributed by atoms with van der Waals surface area (Å²) in [5.41, 5.74) is -1.01. The van der Waals surface area contributed by atoms with E-state index in [1.54, 1.807) is 5.32 Å². The van der Waals surface area contributed by atoms with Crippen LogP contribution in [-0.2, 0) is 4.74 Å². The summed E-state index contributed by atoms with van der Waals surface area (Å²) in [5.74, 6) is -3.25. The molecule has 2 unspecified atom stereocenters. The fraction of sp³-hybridized carbons (Fsp3) is 0.357. The van der Waals surface area contributed by atoms with E-state index in [9.17, 15) is 32.6 Å². The lowest BCUT2D eigenvalue weighted by Crippen LogP contribution is -2.57. The highest BCUT2D eigenvalue weighted by Gasteiger charge is 2.44. The van der Waals surface area contributed by atoms with Crippen LogP contribution < -0.4 is 10.2 Å². The lowest BCUT2D eigenvalue weighted by Gasteiger charge is -2.36. The van der Waals surface area contributed by atoms with Crippen molar-refractivity contribution in [2.75, 3.05) is 18.1 Å². The number of rotatable bonds is 4. The van der Waals surface area contributed by atoms with Gasteiger partial charge in [0.2, 0.25) is 0 Å². The molecule has 0 saturated carbocycles. The van der Waals surface area contributed by atoms with Crippen molar-refractivity contribution in [3.8, 4) is 0 Å². The van der Waals surface area contributed by atoms with Gasteiger partial charge in [0.05, 0.1) is 22.9 Å². The molecule has 2 atom stereocenters. The van der Waals surface area contributed by atoms with E-state index in [0.717, 1.165) is 6.07 Å². The number of nitrogens with zero attached hydrogens (tertiary/aromatic N) is 1. The Kier molecular flexibility index (Phi) is 5.96. The van der Waals surface area contributed by atoms with Crippen LogP contribution in [0.3, 0.4) is 0 Å². The minimum atomic E-state index is -4.81. The van der Waals surface area contributed by atoms with E-state index in [0.29, 0.717) is 17.0 Å². The highest BCUT2D eigenvalue weighted by Crippen LogP contribution is 2.33. The van der Waals surface area contributed by atoms with Gasteiger partial charge >= 0.3 is 12.1 Å². The molecule has 2 rings (SSSR count). The summed E-state index contributed by atoms with van der Waals surface area (Å²) in [6, 6.07) is -0.902. The fourth-order valence-corrected chi connectivity index (χ4v) is 2.40. The molecule has 144 valence electrons. The van der Waals surface area contributed by atoms with Gasteiger partial charge in [0.1, 0.15) is 18.5 Å². The average Bonchev–Trinajstić information content (AvgIpc) is 2.52. The zero-order chi connectivity index (χ0) is 19.6. The maximum Gasteiger partial charge on any atom is 0.407 e. The van der Waals surface area contributed by atoms with Crippen LogP contribution in [0.4, 0.5) is 23.2 Å². The van der Waals surface area contributed by atoms with Crippen LogP contribution >= 0.6 is 11.6 Å². The monoisotopic (exact) mass is 400 g/mol. The molecule has 0 aliphatic carbocycles. The van der Waals surface area contributed by atoms with E-state index in [4.69, 9.17) is 16.7 Å². The van der Waals surface area contributed by atoms with Gasteiger partial charge in [-0.15, -0.1) is 0 Å². The molecule has 0 amide bonds. The Balaban J connectivity index is 2.43. The van der Waals surface area contributed by atoms with Crippen LogP contribution in [0.15, 0.2) is 24.1 Å². The molecule has 0 radical (unpaired) electrons. The molecule has 7 nitrogen and oxygen atoms in total. The van der Waals surface area contributed by atoms with E-state index in [-0.39, 0.29) is 17.2 Å². The number of ether oxygens (including phenoxy) is 1. The molecule has 1 heterocycles. The molecule has 0 spiro atoms. The molecule has 1 aromatic rings. The fourth-order valence-electron chi connectivity index (χ4n) is 2.18. The van der Waals surface area contributed by atoms with Crippen molar-refractivity contribution in [2.45, 2.75) is 18.6 Å². The number of carbonyl (C=O) groups excluding carboxylic acids is 1. The Morgan fingerprint density at radius 1 is 1.38 bits per heavy atom. The number of nitrogens with one attached hydrogen (secondary N) is 1. The third kappa shape index (κ3) is 4.18. The summed E-state index contributed by atoms with van der Waals surface area (Å²) in [6.45, 7) is -0.845. The number of aliphatic hydroxyl groups excluding tert-OH is 3. The normalized spacial score (nSPS) is 20.7. The molecular weight excluding hydrogens is 388 g/mol. The van der Waals surface area contributed by atoms with Crippen molar-refractivity contribution in [3.05, 3.63) is 40.5 Å². The maximum absolute atomic E-state index is 14.2. The first kappa shape index (κ1) is 20.2. The molecule has 0 aromatic heterocycles. The molecule has 1 aromatic carbocycles. The number of alkyl halides is 3. The minimum absolute atomic E-state index is 0.324. The smallest absolute Gasteiger partial charge is 0.407 e. The Morgan fingerprint density at radius 2 is 2.04 bits per heavy atom. The van der Waals surface area contributed by atoms with Crippen LogP contribution in [0.1, 0.15) is 10.4 Å². The van der Waals surface area contributed by atoms with Gasteiger partial charge in [-0.2, -0.15) is 13.2 Å². The summed E-state index contributed by atoms with van der Waals surface area (Å²) in [4.78, 5) is 12.3. The highest BCUT2D eigenvalue weighted by atomic mass is 35.5. The number of carbonyl (C=O) groups is 1. The first-order valence-electron chi connectivity index (χ1n) is 7.04. The van der Waals surface area contributed by atoms with Crippen molar-refractivity contribution in [3.63, 3.8) is 0 Å². The Bertz CT molecular complexity index is 728. The van der Waals surface area contributed by atoms with Gasteiger partial charge in [-0.1, -0.05) is 11.6 Å². The molecule has 4 N–H and O–H groups in total. The van der Waals surface area contributed by atoms with Gasteiger partial charge in [0, 0.05) is 6.08 Å². The summed E-state index contributed by atoms with van der Waals surface area (Å²) in [5, 5.41) is 29.7. The van der Waals surface area contributed by atoms with Gasteiger partial charge in [0.15, 0.2) is 12.2 Å². The molecule has 1 aliphatic heterocycles. The second kappa shape index (κ2) is 7.66. The Morgan fingerprint density at radius 3 is 2.58 bits per heavy atom. The first-order chi connectivity index (χ1) is 12.1. The van der Waals surface area contributed by atoms with E-state index in [1.807, 2.05) is 0 Å². The van der Waals surface area contributed by atoms with Crippen LogP contribution in [0.25, 0.3) is 0 Å². The van der Waals surface area contributed by atoms with Gasteiger partial charge in [0.25, 0.3) is 0 Å². The number of anilines is 1. The second-order valence-corrected chi connectivity index (χ2v) is 5.50. The third-order valence-electron chi connectivity index (χ3n) is 3.33. The standard InChI is InChI=1S/C14H13ClF4N2O5/c15-7-4-8(16)9(3-6(7)12(24)26-2-1-22)21-11(23)5-10(14(17,18)19)20-13(21)25/h3-5,10,13,20,22-23,25H,1-2H2. The second-order valence-electron chi connectivity index (χ2n) is 5.10. The predicted molar refractivity (Wildman–Crippen MR) is 81.0 cm³/mol. The van der Waals surface area contributed by atoms with Crippen LogP contribution in [0, 0.1) is 5.82 Å². The van der Waals surface area contributed by atoms with Crippen molar-refractivity contribution in [1.82, 2.24) is 5.32 Å². The minimum Gasteiger partial charge on any atom is -0.495 e. The molecule has 0 bridgehead atoms. The molecule has 0 saturated heterocycles. The van der Waals surface area contributed by atoms with Crippen LogP contribution in [0.5, 0.6) is 0 Å². The Labute approximate surface area is 149 Å². The zero-order valence-corrected chi connectivity index (χ0v) is 13.6. The van der Waals surface area contributed by atoms with Crippen LogP contribution in [-0.4, -0.2) is 53.1 Å². The van der Waals surface area contributed by atoms with E-state index >= 15 is 0 Å². The van der Waals surface area contributed by atoms with Crippen molar-refractivity contribution >= 4 is 23.3 Å². The molecule has 1 aliphatic rings. The number of esters is 1. The molecule has 0 fully saturated rings. The number of aliphatic hydroxyl groups is 3. The predicted octanol–water partition coefficient (Wildman–Crippen LogP) is 1.64. The topological polar surface area (TPSA) is 102 Å². The van der Waals surface area contributed by atoms with Gasteiger partial charge in [-0.25, -0.2) is 9.18 Å². The lowest BCUT2D eigenvalue weighted by molar-refractivity contribution is -0.154. The number of halogens is 5. The number of benzene rings is 1. The van der Waals surface area contributed by atoms with Crippen molar-refractivity contribution in [1.29, 1.82) is 0 Å². The number of hydrogen-bond donors (Lipinski definition) is 4. The zero-order valence-electron chi connectivity index (χ0n) is 12.8. The molecule has 12 heteroatoms. The summed E-state index contributed by atoms with van der Waals surface area (Å²) >= 11 is 5.74. The maximum atomic E-state index is 14.2.